The number of hydrogen-bond acceptors (Lipinski definition) is 5. The van der Waals surface area contributed by atoms with Crippen LogP contribution < -0.4 is 10.9 Å². The number of rotatable bonds is 4. The summed E-state index contributed by atoms with van der Waals surface area (Å²) in [6, 6.07) is 0.191. The summed E-state index contributed by atoms with van der Waals surface area (Å²) in [5.41, 5.74) is 0.352. The molecule has 17 heavy (non-hydrogen) atoms. The van der Waals surface area contributed by atoms with Crippen LogP contribution in [0.5, 0.6) is 0 Å². The minimum atomic E-state index is -0.274. The summed E-state index contributed by atoms with van der Waals surface area (Å²) in [6.07, 6.45) is 2.68. The Morgan fingerprint density at radius 1 is 1.59 bits per heavy atom. The van der Waals surface area contributed by atoms with E-state index in [1.165, 1.54) is 4.68 Å². The Labute approximate surface area is 106 Å². The molecule has 0 atom stereocenters. The standard InChI is InChI=1S/C10H14BrN3O3/c11-9-8(13-6-3-7(16)4-6)5-12-14(1-2-15)10(9)17/h5-7,13,15-16H,1-4H2. The van der Waals surface area contributed by atoms with Crippen molar-refractivity contribution < 1.29 is 10.2 Å². The molecular weight excluding hydrogens is 290 g/mol. The van der Waals surface area contributed by atoms with Crippen LogP contribution in [-0.2, 0) is 6.54 Å². The maximum Gasteiger partial charge on any atom is 0.283 e. The average Bonchev–Trinajstić information content (AvgIpc) is 2.26. The van der Waals surface area contributed by atoms with Crippen LogP contribution in [0, 0.1) is 0 Å². The van der Waals surface area contributed by atoms with Crippen LogP contribution in [0.3, 0.4) is 0 Å². The molecule has 0 saturated heterocycles. The highest BCUT2D eigenvalue weighted by Gasteiger charge is 2.27. The first-order chi connectivity index (χ1) is 8.11. The number of hydrogen-bond donors (Lipinski definition) is 3. The predicted octanol–water partition coefficient (Wildman–Crippen LogP) is -0.0667. The van der Waals surface area contributed by atoms with Crippen molar-refractivity contribution in [2.45, 2.75) is 31.5 Å². The van der Waals surface area contributed by atoms with E-state index in [-0.39, 0.29) is 30.9 Å². The van der Waals surface area contributed by atoms with Gasteiger partial charge >= 0.3 is 0 Å². The highest BCUT2D eigenvalue weighted by atomic mass is 79.9. The fourth-order valence-corrected chi connectivity index (χ4v) is 2.17. The third-order valence-corrected chi connectivity index (χ3v) is 3.54. The monoisotopic (exact) mass is 303 g/mol. The van der Waals surface area contributed by atoms with Gasteiger partial charge in [-0.3, -0.25) is 4.79 Å². The van der Waals surface area contributed by atoms with Crippen molar-refractivity contribution in [2.75, 3.05) is 11.9 Å². The molecular formula is C10H14BrN3O3. The van der Waals surface area contributed by atoms with Gasteiger partial charge in [-0.1, -0.05) is 0 Å². The Morgan fingerprint density at radius 3 is 2.88 bits per heavy atom. The van der Waals surface area contributed by atoms with Crippen molar-refractivity contribution in [1.82, 2.24) is 9.78 Å². The number of aliphatic hydroxyl groups excluding tert-OH is 2. The van der Waals surface area contributed by atoms with E-state index in [9.17, 15) is 9.90 Å². The maximum atomic E-state index is 11.8. The third kappa shape index (κ3) is 2.67. The Morgan fingerprint density at radius 2 is 2.29 bits per heavy atom. The second kappa shape index (κ2) is 5.16. The Balaban J connectivity index is 2.13. The smallest absolute Gasteiger partial charge is 0.283 e. The van der Waals surface area contributed by atoms with E-state index < -0.39 is 0 Å². The van der Waals surface area contributed by atoms with Crippen LogP contribution in [-0.4, -0.2) is 38.7 Å². The summed E-state index contributed by atoms with van der Waals surface area (Å²) in [6.45, 7) is 0.0563. The maximum absolute atomic E-state index is 11.8. The van der Waals surface area contributed by atoms with E-state index in [1.54, 1.807) is 6.20 Å². The van der Waals surface area contributed by atoms with Crippen LogP contribution in [0.15, 0.2) is 15.5 Å². The lowest BCUT2D eigenvalue weighted by Crippen LogP contribution is -2.39. The minimum Gasteiger partial charge on any atom is -0.394 e. The van der Waals surface area contributed by atoms with Gasteiger partial charge in [0.2, 0.25) is 0 Å². The van der Waals surface area contributed by atoms with Crippen molar-refractivity contribution >= 4 is 21.6 Å². The molecule has 0 aliphatic heterocycles. The number of anilines is 1. The van der Waals surface area contributed by atoms with Gasteiger partial charge in [-0.05, 0) is 28.8 Å². The molecule has 1 aromatic rings. The average molecular weight is 304 g/mol. The van der Waals surface area contributed by atoms with Gasteiger partial charge in [0.25, 0.3) is 5.56 Å². The molecule has 0 spiro atoms. The molecule has 1 heterocycles. The topological polar surface area (TPSA) is 87.4 Å². The Hall–Kier alpha value is -0.920. The normalized spacial score (nSPS) is 23.2. The van der Waals surface area contributed by atoms with Crippen LogP contribution >= 0.6 is 15.9 Å². The van der Waals surface area contributed by atoms with Gasteiger partial charge in [0, 0.05) is 6.04 Å². The summed E-state index contributed by atoms with van der Waals surface area (Å²) in [7, 11) is 0. The van der Waals surface area contributed by atoms with E-state index >= 15 is 0 Å². The molecule has 1 saturated carbocycles. The molecule has 1 aromatic heterocycles. The van der Waals surface area contributed by atoms with Crippen LogP contribution in [0.4, 0.5) is 5.69 Å². The molecule has 6 nitrogen and oxygen atoms in total. The quantitative estimate of drug-likeness (QED) is 0.725. The van der Waals surface area contributed by atoms with Crippen molar-refractivity contribution in [3.63, 3.8) is 0 Å². The molecule has 0 aromatic carbocycles. The minimum absolute atomic E-state index is 0.124. The van der Waals surface area contributed by atoms with Gasteiger partial charge in [-0.2, -0.15) is 5.10 Å². The molecule has 94 valence electrons. The molecule has 0 radical (unpaired) electrons. The van der Waals surface area contributed by atoms with Gasteiger partial charge in [0.15, 0.2) is 0 Å². The molecule has 1 aliphatic carbocycles. The molecule has 0 unspecified atom stereocenters. The molecule has 3 N–H and O–H groups in total. The number of nitrogens with one attached hydrogen (secondary N) is 1. The molecule has 2 rings (SSSR count). The third-order valence-electron chi connectivity index (χ3n) is 2.77. The lowest BCUT2D eigenvalue weighted by Gasteiger charge is -2.32. The second-order valence-corrected chi connectivity index (χ2v) is 4.88. The van der Waals surface area contributed by atoms with E-state index in [0.717, 1.165) is 0 Å². The summed E-state index contributed by atoms with van der Waals surface area (Å²) in [5.74, 6) is 0. The lowest BCUT2D eigenvalue weighted by molar-refractivity contribution is 0.0836. The highest BCUT2D eigenvalue weighted by Crippen LogP contribution is 2.26. The highest BCUT2D eigenvalue weighted by molar-refractivity contribution is 9.10. The van der Waals surface area contributed by atoms with Crippen LogP contribution in [0.2, 0.25) is 0 Å². The first kappa shape index (κ1) is 12.5. The zero-order valence-electron chi connectivity index (χ0n) is 9.14. The van der Waals surface area contributed by atoms with Gasteiger partial charge in [-0.25, -0.2) is 4.68 Å². The lowest BCUT2D eigenvalue weighted by atomic mass is 9.89. The second-order valence-electron chi connectivity index (χ2n) is 4.09. The number of aliphatic hydroxyl groups is 2. The van der Waals surface area contributed by atoms with Crippen LogP contribution in [0.1, 0.15) is 12.8 Å². The zero-order valence-corrected chi connectivity index (χ0v) is 10.7. The van der Waals surface area contributed by atoms with E-state index in [4.69, 9.17) is 5.11 Å². The van der Waals surface area contributed by atoms with Crippen molar-refractivity contribution in [3.8, 4) is 0 Å². The summed E-state index contributed by atoms with van der Waals surface area (Å²) < 4.78 is 1.60. The first-order valence-electron chi connectivity index (χ1n) is 5.43. The fourth-order valence-electron chi connectivity index (χ4n) is 1.75. The van der Waals surface area contributed by atoms with Gasteiger partial charge < -0.3 is 15.5 Å². The SMILES string of the molecule is O=c1c(Br)c(NC2CC(O)C2)cnn1CCO. The van der Waals surface area contributed by atoms with Crippen molar-refractivity contribution in [3.05, 3.63) is 21.0 Å². The van der Waals surface area contributed by atoms with E-state index in [0.29, 0.717) is 23.0 Å². The van der Waals surface area contributed by atoms with Gasteiger partial charge in [0.05, 0.1) is 31.1 Å². The van der Waals surface area contributed by atoms with Gasteiger partial charge in [-0.15, -0.1) is 0 Å². The van der Waals surface area contributed by atoms with E-state index in [1.807, 2.05) is 0 Å². The van der Waals surface area contributed by atoms with Crippen LogP contribution in [0.25, 0.3) is 0 Å². The molecule has 1 fully saturated rings. The number of aromatic nitrogens is 2. The summed E-state index contributed by atoms with van der Waals surface area (Å²) in [5, 5.41) is 25.0. The largest absolute Gasteiger partial charge is 0.394 e. The van der Waals surface area contributed by atoms with Gasteiger partial charge in [0.1, 0.15) is 4.47 Å². The fraction of sp³-hybridized carbons (Fsp3) is 0.600. The summed E-state index contributed by atoms with van der Waals surface area (Å²) >= 11 is 3.22. The Bertz CT molecular complexity index is 457. The predicted molar refractivity (Wildman–Crippen MR) is 65.9 cm³/mol. The van der Waals surface area contributed by atoms with Crippen molar-refractivity contribution in [1.29, 1.82) is 0 Å². The number of halogens is 1. The van der Waals surface area contributed by atoms with E-state index in [2.05, 4.69) is 26.3 Å². The molecule has 1 aliphatic rings. The molecule has 0 amide bonds. The Kier molecular flexibility index (Phi) is 3.80. The zero-order chi connectivity index (χ0) is 12.4. The molecule has 7 heteroatoms. The number of nitrogens with zero attached hydrogens (tertiary/aromatic N) is 2. The van der Waals surface area contributed by atoms with Crippen molar-refractivity contribution in [2.24, 2.45) is 0 Å². The first-order valence-corrected chi connectivity index (χ1v) is 6.22. The molecule has 0 bridgehead atoms. The summed E-state index contributed by atoms with van der Waals surface area (Å²) in [4.78, 5) is 11.8.